The van der Waals surface area contributed by atoms with Gasteiger partial charge >= 0.3 is 0 Å². The third-order valence-corrected chi connectivity index (χ3v) is 2.90. The van der Waals surface area contributed by atoms with Gasteiger partial charge in [0.15, 0.2) is 12.1 Å². The molecule has 3 heterocycles. The van der Waals surface area contributed by atoms with Gasteiger partial charge in [-0.1, -0.05) is 6.07 Å². The van der Waals surface area contributed by atoms with E-state index in [-0.39, 0.29) is 6.23 Å². The predicted molar refractivity (Wildman–Crippen MR) is 62.1 cm³/mol. The van der Waals surface area contributed by atoms with Gasteiger partial charge in [0, 0.05) is 6.61 Å². The minimum Gasteiger partial charge on any atom is -0.356 e. The Hall–Kier alpha value is -1.82. The molecule has 1 unspecified atom stereocenters. The molecule has 1 fully saturated rings. The lowest BCUT2D eigenvalue weighted by Crippen LogP contribution is -2.18. The highest BCUT2D eigenvalue weighted by atomic mass is 19.1. The summed E-state index contributed by atoms with van der Waals surface area (Å²) in [5.41, 5.74) is 0.435. The maximum absolute atomic E-state index is 13.0. The minimum atomic E-state index is -0.530. The second-order valence-electron chi connectivity index (χ2n) is 4.21. The molecule has 0 amide bonds. The van der Waals surface area contributed by atoms with Crippen molar-refractivity contribution in [2.24, 2.45) is 0 Å². The van der Waals surface area contributed by atoms with Gasteiger partial charge in [-0.15, -0.1) is 5.10 Å². The molecule has 6 heteroatoms. The van der Waals surface area contributed by atoms with Gasteiger partial charge in [0.2, 0.25) is 5.95 Å². The lowest BCUT2D eigenvalue weighted by Gasteiger charge is -2.21. The third kappa shape index (κ3) is 2.24. The molecule has 5 nitrogen and oxygen atoms in total. The van der Waals surface area contributed by atoms with Crippen molar-refractivity contribution in [1.82, 2.24) is 19.7 Å². The van der Waals surface area contributed by atoms with E-state index in [0.29, 0.717) is 11.5 Å². The summed E-state index contributed by atoms with van der Waals surface area (Å²) in [5.74, 6) is -0.110. The zero-order chi connectivity index (χ0) is 12.4. The zero-order valence-electron chi connectivity index (χ0n) is 9.79. The third-order valence-electron chi connectivity index (χ3n) is 2.90. The fourth-order valence-corrected chi connectivity index (χ4v) is 2.00. The number of hydrogen-bond donors (Lipinski definition) is 0. The van der Waals surface area contributed by atoms with Crippen molar-refractivity contribution < 1.29 is 9.13 Å². The van der Waals surface area contributed by atoms with Gasteiger partial charge in [0.05, 0.1) is 0 Å². The molecule has 0 N–H and O–H groups in total. The summed E-state index contributed by atoms with van der Waals surface area (Å²) in [7, 11) is 0. The van der Waals surface area contributed by atoms with Crippen molar-refractivity contribution in [1.29, 1.82) is 0 Å². The summed E-state index contributed by atoms with van der Waals surface area (Å²) in [6, 6.07) is 4.57. The minimum absolute atomic E-state index is 0.0615. The van der Waals surface area contributed by atoms with E-state index in [1.807, 2.05) is 0 Å². The molecule has 0 aromatic carbocycles. The van der Waals surface area contributed by atoms with E-state index in [1.165, 1.54) is 6.07 Å². The predicted octanol–water partition coefficient (Wildman–Crippen LogP) is 2.18. The Bertz CT molecular complexity index is 536. The molecule has 0 saturated carbocycles. The van der Waals surface area contributed by atoms with E-state index in [2.05, 4.69) is 15.1 Å². The van der Waals surface area contributed by atoms with Gasteiger partial charge in [0.25, 0.3) is 0 Å². The molecule has 2 aromatic rings. The number of nitrogens with zero attached hydrogens (tertiary/aromatic N) is 4. The maximum atomic E-state index is 13.0. The van der Waals surface area contributed by atoms with Crippen molar-refractivity contribution in [3.8, 4) is 11.5 Å². The number of ether oxygens (including phenoxy) is 1. The fraction of sp³-hybridized carbons (Fsp3) is 0.417. The average molecular weight is 248 g/mol. The first-order valence-corrected chi connectivity index (χ1v) is 5.98. The van der Waals surface area contributed by atoms with Gasteiger partial charge in [-0.3, -0.25) is 0 Å². The van der Waals surface area contributed by atoms with Crippen LogP contribution in [0.4, 0.5) is 4.39 Å². The molecule has 1 atom stereocenters. The number of aromatic nitrogens is 4. The Morgan fingerprint density at radius 1 is 1.33 bits per heavy atom. The second kappa shape index (κ2) is 4.81. The van der Waals surface area contributed by atoms with Crippen molar-refractivity contribution in [3.63, 3.8) is 0 Å². The van der Waals surface area contributed by atoms with E-state index in [0.717, 1.165) is 25.9 Å². The topological polar surface area (TPSA) is 52.8 Å². The van der Waals surface area contributed by atoms with Gasteiger partial charge in [0.1, 0.15) is 12.0 Å². The summed E-state index contributed by atoms with van der Waals surface area (Å²) in [6.07, 6.45) is 4.69. The molecule has 0 spiro atoms. The van der Waals surface area contributed by atoms with Crippen LogP contribution < -0.4 is 0 Å². The fourth-order valence-electron chi connectivity index (χ4n) is 2.00. The summed E-state index contributed by atoms with van der Waals surface area (Å²) in [5, 5.41) is 4.30. The molecular weight excluding hydrogens is 235 g/mol. The van der Waals surface area contributed by atoms with Crippen LogP contribution in [0.25, 0.3) is 11.5 Å². The molecule has 1 aliphatic heterocycles. The van der Waals surface area contributed by atoms with Crippen LogP contribution >= 0.6 is 0 Å². The highest BCUT2D eigenvalue weighted by Gasteiger charge is 2.17. The van der Waals surface area contributed by atoms with E-state index >= 15 is 0 Å². The van der Waals surface area contributed by atoms with Crippen LogP contribution in [0.15, 0.2) is 24.5 Å². The number of pyridine rings is 1. The highest BCUT2D eigenvalue weighted by molar-refractivity contribution is 5.47. The molecule has 0 radical (unpaired) electrons. The number of halogens is 1. The first-order valence-electron chi connectivity index (χ1n) is 5.98. The summed E-state index contributed by atoms with van der Waals surface area (Å²) < 4.78 is 20.3. The van der Waals surface area contributed by atoms with Crippen LogP contribution in [0.3, 0.4) is 0 Å². The van der Waals surface area contributed by atoms with Crippen LogP contribution in [-0.2, 0) is 4.74 Å². The van der Waals surface area contributed by atoms with Crippen LogP contribution in [0, 0.1) is 5.95 Å². The van der Waals surface area contributed by atoms with E-state index < -0.39 is 5.95 Å². The highest BCUT2D eigenvalue weighted by Crippen LogP contribution is 2.22. The van der Waals surface area contributed by atoms with Crippen LogP contribution in [0.5, 0.6) is 0 Å². The smallest absolute Gasteiger partial charge is 0.213 e. The Morgan fingerprint density at radius 3 is 3.06 bits per heavy atom. The maximum Gasteiger partial charge on any atom is 0.213 e. The van der Waals surface area contributed by atoms with Crippen molar-refractivity contribution in [2.75, 3.05) is 6.61 Å². The second-order valence-corrected chi connectivity index (χ2v) is 4.21. The standard InChI is InChI=1S/C12H13FN4O/c13-10-5-3-4-9(15-10)12-14-8-17(16-12)11-6-1-2-7-18-11/h3-5,8,11H,1-2,6-7H2. The molecule has 0 aliphatic carbocycles. The Morgan fingerprint density at radius 2 is 2.28 bits per heavy atom. The normalized spacial score (nSPS) is 19.9. The number of rotatable bonds is 2. The van der Waals surface area contributed by atoms with Gasteiger partial charge < -0.3 is 4.74 Å². The van der Waals surface area contributed by atoms with Crippen molar-refractivity contribution >= 4 is 0 Å². The molecule has 1 saturated heterocycles. The number of hydrogen-bond acceptors (Lipinski definition) is 4. The van der Waals surface area contributed by atoms with Crippen LogP contribution in [-0.4, -0.2) is 26.4 Å². The molecule has 3 rings (SSSR count). The molecule has 2 aromatic heterocycles. The van der Waals surface area contributed by atoms with Crippen molar-refractivity contribution in [2.45, 2.75) is 25.5 Å². The van der Waals surface area contributed by atoms with E-state index in [9.17, 15) is 4.39 Å². The average Bonchev–Trinajstić information content (AvgIpc) is 2.89. The summed E-state index contributed by atoms with van der Waals surface area (Å²) in [4.78, 5) is 7.90. The van der Waals surface area contributed by atoms with Crippen LogP contribution in [0.1, 0.15) is 25.5 Å². The molecule has 0 bridgehead atoms. The zero-order valence-corrected chi connectivity index (χ0v) is 9.79. The lowest BCUT2D eigenvalue weighted by molar-refractivity contribution is -0.0395. The molecule has 18 heavy (non-hydrogen) atoms. The van der Waals surface area contributed by atoms with E-state index in [1.54, 1.807) is 23.1 Å². The lowest BCUT2D eigenvalue weighted by atomic mass is 10.2. The van der Waals surface area contributed by atoms with Gasteiger partial charge in [-0.05, 0) is 31.4 Å². The molecule has 94 valence electrons. The van der Waals surface area contributed by atoms with E-state index in [4.69, 9.17) is 4.74 Å². The largest absolute Gasteiger partial charge is 0.356 e. The quantitative estimate of drug-likeness (QED) is 0.764. The molecule has 1 aliphatic rings. The Kier molecular flexibility index (Phi) is 3.02. The molecular formula is C12H13FN4O. The first-order chi connectivity index (χ1) is 8.83. The Balaban J connectivity index is 1.84. The van der Waals surface area contributed by atoms with Gasteiger partial charge in [-0.25, -0.2) is 14.6 Å². The monoisotopic (exact) mass is 248 g/mol. The SMILES string of the molecule is Fc1cccc(-c2ncn(C3CCCCO3)n2)n1. The Labute approximate surface area is 104 Å². The van der Waals surface area contributed by atoms with Crippen LogP contribution in [0.2, 0.25) is 0 Å². The first kappa shape index (κ1) is 11.3. The van der Waals surface area contributed by atoms with Gasteiger partial charge in [-0.2, -0.15) is 4.39 Å². The summed E-state index contributed by atoms with van der Waals surface area (Å²) >= 11 is 0. The van der Waals surface area contributed by atoms with Crippen molar-refractivity contribution in [3.05, 3.63) is 30.5 Å². The summed E-state index contributed by atoms with van der Waals surface area (Å²) in [6.45, 7) is 0.748.